The summed E-state index contributed by atoms with van der Waals surface area (Å²) < 4.78 is 0. The van der Waals surface area contributed by atoms with E-state index in [1.807, 2.05) is 13.8 Å². The summed E-state index contributed by atoms with van der Waals surface area (Å²) in [6.45, 7) is 8.41. The van der Waals surface area contributed by atoms with Crippen molar-refractivity contribution in [2.45, 2.75) is 26.7 Å². The lowest BCUT2D eigenvalue weighted by molar-refractivity contribution is -0.130. The van der Waals surface area contributed by atoms with Gasteiger partial charge in [0.15, 0.2) is 11.5 Å². The Morgan fingerprint density at radius 1 is 1.29 bits per heavy atom. The Morgan fingerprint density at radius 3 is 2.67 bits per heavy atom. The van der Waals surface area contributed by atoms with Crippen molar-refractivity contribution in [3.8, 4) is 0 Å². The van der Waals surface area contributed by atoms with Gasteiger partial charge in [-0.05, 0) is 38.3 Å². The van der Waals surface area contributed by atoms with Crippen molar-refractivity contribution in [2.24, 2.45) is 5.92 Å². The van der Waals surface area contributed by atoms with Crippen LogP contribution in [0.3, 0.4) is 0 Å². The first-order valence-corrected chi connectivity index (χ1v) is 7.91. The molecule has 1 aliphatic rings. The second-order valence-electron chi connectivity index (χ2n) is 6.00. The molecular weight excluding hydrogens is 308 g/mol. The predicted molar refractivity (Wildman–Crippen MR) is 89.3 cm³/mol. The molecule has 0 aliphatic carbocycles. The summed E-state index contributed by atoms with van der Waals surface area (Å²) in [6.07, 6.45) is 2.57. The van der Waals surface area contributed by atoms with E-state index in [0.29, 0.717) is 37.4 Å². The quantitative estimate of drug-likeness (QED) is 0.827. The number of fused-ring (bicyclic) bond motifs is 1. The Balaban J connectivity index is 1.71. The molecular formula is C16H20N6O2. The first-order valence-electron chi connectivity index (χ1n) is 7.91. The van der Waals surface area contributed by atoms with Crippen LogP contribution in [0.5, 0.6) is 0 Å². The lowest BCUT2D eigenvalue weighted by Gasteiger charge is -2.30. The average Bonchev–Trinajstić information content (AvgIpc) is 3.01. The maximum absolute atomic E-state index is 12.5. The minimum atomic E-state index is -0.137. The van der Waals surface area contributed by atoms with Crippen LogP contribution in [0.1, 0.15) is 24.1 Å². The summed E-state index contributed by atoms with van der Waals surface area (Å²) in [4.78, 5) is 25.8. The highest BCUT2D eigenvalue weighted by Crippen LogP contribution is 2.25. The van der Waals surface area contributed by atoms with Crippen molar-refractivity contribution in [1.29, 1.82) is 0 Å². The molecule has 8 nitrogen and oxygen atoms in total. The molecule has 8 heteroatoms. The maximum Gasteiger partial charge on any atom is 0.245 e. The van der Waals surface area contributed by atoms with Crippen LogP contribution in [-0.2, 0) is 9.59 Å². The predicted octanol–water partition coefficient (Wildman–Crippen LogP) is 1.33. The monoisotopic (exact) mass is 328 g/mol. The highest BCUT2D eigenvalue weighted by molar-refractivity contribution is 6.00. The molecule has 0 atom stereocenters. The van der Waals surface area contributed by atoms with Crippen molar-refractivity contribution in [1.82, 2.24) is 25.3 Å². The number of nitrogens with one attached hydrogen (secondary N) is 2. The molecule has 1 fully saturated rings. The van der Waals surface area contributed by atoms with E-state index in [9.17, 15) is 9.59 Å². The molecule has 0 spiro atoms. The Kier molecular flexibility index (Phi) is 4.28. The van der Waals surface area contributed by atoms with Gasteiger partial charge in [0, 0.05) is 19.0 Å². The van der Waals surface area contributed by atoms with E-state index in [4.69, 9.17) is 0 Å². The van der Waals surface area contributed by atoms with Gasteiger partial charge in [0.1, 0.15) is 0 Å². The molecule has 0 saturated carbocycles. The molecule has 3 heterocycles. The van der Waals surface area contributed by atoms with E-state index in [1.54, 1.807) is 4.90 Å². The second kappa shape index (κ2) is 6.38. The number of hydrogen-bond donors (Lipinski definition) is 2. The molecule has 2 amide bonds. The summed E-state index contributed by atoms with van der Waals surface area (Å²) >= 11 is 0. The van der Waals surface area contributed by atoms with Crippen molar-refractivity contribution in [2.75, 3.05) is 18.4 Å². The zero-order chi connectivity index (χ0) is 17.3. The van der Waals surface area contributed by atoms with Gasteiger partial charge in [-0.1, -0.05) is 6.58 Å². The third-order valence-corrected chi connectivity index (χ3v) is 4.56. The number of amides is 2. The van der Waals surface area contributed by atoms with E-state index < -0.39 is 0 Å². The van der Waals surface area contributed by atoms with E-state index in [2.05, 4.69) is 32.3 Å². The van der Waals surface area contributed by atoms with E-state index in [-0.39, 0.29) is 17.7 Å². The van der Waals surface area contributed by atoms with Crippen LogP contribution in [0, 0.1) is 19.8 Å². The van der Waals surface area contributed by atoms with Gasteiger partial charge < -0.3 is 10.2 Å². The topological polar surface area (TPSA) is 104 Å². The van der Waals surface area contributed by atoms with Crippen molar-refractivity contribution in [3.63, 3.8) is 0 Å². The number of aryl methyl sites for hydroxylation is 2. The Morgan fingerprint density at radius 2 is 2.00 bits per heavy atom. The van der Waals surface area contributed by atoms with Crippen LogP contribution in [0.15, 0.2) is 12.7 Å². The number of aromatic nitrogens is 4. The molecule has 2 N–H and O–H groups in total. The Bertz CT molecular complexity index is 804. The van der Waals surface area contributed by atoms with Crippen molar-refractivity contribution in [3.05, 3.63) is 23.9 Å². The van der Waals surface area contributed by atoms with Gasteiger partial charge in [0.2, 0.25) is 11.8 Å². The van der Waals surface area contributed by atoms with Crippen molar-refractivity contribution < 1.29 is 9.59 Å². The molecule has 0 bridgehead atoms. The summed E-state index contributed by atoms with van der Waals surface area (Å²) in [7, 11) is 0. The zero-order valence-electron chi connectivity index (χ0n) is 13.8. The fraction of sp³-hybridized carbons (Fsp3) is 0.438. The number of anilines is 1. The van der Waals surface area contributed by atoms with Crippen LogP contribution in [0.4, 0.5) is 5.82 Å². The highest BCUT2D eigenvalue weighted by atomic mass is 16.2. The van der Waals surface area contributed by atoms with E-state index in [0.717, 1.165) is 16.6 Å². The van der Waals surface area contributed by atoms with Crippen LogP contribution in [-0.4, -0.2) is 50.2 Å². The normalized spacial score (nSPS) is 15.5. The van der Waals surface area contributed by atoms with E-state index in [1.165, 1.54) is 6.08 Å². The van der Waals surface area contributed by atoms with Gasteiger partial charge in [0.05, 0.1) is 11.1 Å². The third kappa shape index (κ3) is 2.86. The fourth-order valence-corrected chi connectivity index (χ4v) is 2.94. The van der Waals surface area contributed by atoms with Crippen LogP contribution in [0.25, 0.3) is 11.0 Å². The number of aromatic amines is 1. The fourth-order valence-electron chi connectivity index (χ4n) is 2.94. The maximum atomic E-state index is 12.5. The first-order chi connectivity index (χ1) is 11.5. The molecule has 1 saturated heterocycles. The number of piperidine rings is 1. The SMILES string of the molecule is C=CC(=O)N1CCC(C(=O)Nc2n[nH]c3nnc(C)c(C)c23)CC1. The molecule has 126 valence electrons. The van der Waals surface area contributed by atoms with Gasteiger partial charge in [-0.25, -0.2) is 0 Å². The smallest absolute Gasteiger partial charge is 0.245 e. The number of carbonyl (C=O) groups excluding carboxylic acids is 2. The number of H-pyrrole nitrogens is 1. The molecule has 2 aromatic heterocycles. The third-order valence-electron chi connectivity index (χ3n) is 4.56. The number of likely N-dealkylation sites (tertiary alicyclic amines) is 1. The highest BCUT2D eigenvalue weighted by Gasteiger charge is 2.27. The summed E-state index contributed by atoms with van der Waals surface area (Å²) in [6, 6.07) is 0. The van der Waals surface area contributed by atoms with Gasteiger partial charge >= 0.3 is 0 Å². The zero-order valence-corrected chi connectivity index (χ0v) is 13.8. The van der Waals surface area contributed by atoms with Crippen LogP contribution in [0.2, 0.25) is 0 Å². The largest absolute Gasteiger partial charge is 0.339 e. The first kappa shape index (κ1) is 16.1. The molecule has 3 rings (SSSR count). The number of nitrogens with zero attached hydrogens (tertiary/aromatic N) is 4. The minimum absolute atomic E-state index is 0.0806. The number of hydrogen-bond acceptors (Lipinski definition) is 5. The average molecular weight is 328 g/mol. The summed E-state index contributed by atoms with van der Waals surface area (Å²) in [5, 5.41) is 18.7. The Labute approximate surface area is 139 Å². The molecule has 0 unspecified atom stereocenters. The molecule has 2 aromatic rings. The molecule has 0 aromatic carbocycles. The standard InChI is InChI=1S/C16H20N6O2/c1-4-12(23)22-7-5-11(6-8-22)16(24)17-14-13-9(2)10(3)18-20-15(13)21-19-14/h4,11H,1,5-8H2,2-3H3,(H2,17,19,20,21,24). The van der Waals surface area contributed by atoms with Gasteiger partial charge in [0.25, 0.3) is 0 Å². The molecule has 24 heavy (non-hydrogen) atoms. The van der Waals surface area contributed by atoms with Crippen LogP contribution >= 0.6 is 0 Å². The molecule has 1 aliphatic heterocycles. The van der Waals surface area contributed by atoms with Gasteiger partial charge in [-0.3, -0.25) is 14.7 Å². The van der Waals surface area contributed by atoms with Gasteiger partial charge in [-0.2, -0.15) is 10.2 Å². The lowest BCUT2D eigenvalue weighted by atomic mass is 9.96. The van der Waals surface area contributed by atoms with Gasteiger partial charge in [-0.15, -0.1) is 5.10 Å². The second-order valence-corrected chi connectivity index (χ2v) is 6.00. The number of rotatable bonds is 3. The number of carbonyl (C=O) groups is 2. The Hall–Kier alpha value is -2.77. The van der Waals surface area contributed by atoms with Crippen molar-refractivity contribution >= 4 is 28.7 Å². The summed E-state index contributed by atoms with van der Waals surface area (Å²) in [5.41, 5.74) is 2.30. The van der Waals surface area contributed by atoms with Crippen LogP contribution < -0.4 is 5.32 Å². The van der Waals surface area contributed by atoms with E-state index >= 15 is 0 Å². The lowest BCUT2D eigenvalue weighted by Crippen LogP contribution is -2.40. The summed E-state index contributed by atoms with van der Waals surface area (Å²) in [5.74, 6) is 0.178. The minimum Gasteiger partial charge on any atom is -0.339 e. The molecule has 0 radical (unpaired) electrons.